The molecule has 3 heteroatoms. The van der Waals surface area contributed by atoms with Gasteiger partial charge in [-0.25, -0.2) is 0 Å². The van der Waals surface area contributed by atoms with E-state index < -0.39 is 6.10 Å². The molecule has 1 saturated carbocycles. The van der Waals surface area contributed by atoms with E-state index in [1.54, 1.807) is 6.92 Å². The van der Waals surface area contributed by atoms with Gasteiger partial charge in [0.15, 0.2) is 0 Å². The van der Waals surface area contributed by atoms with E-state index in [0.717, 1.165) is 6.42 Å². The van der Waals surface area contributed by atoms with Gasteiger partial charge in [-0.1, -0.05) is 0 Å². The number of halogens is 1. The lowest BCUT2D eigenvalue weighted by atomic mass is 9.85. The van der Waals surface area contributed by atoms with Crippen LogP contribution in [0.5, 0.6) is 0 Å². The van der Waals surface area contributed by atoms with Crippen molar-refractivity contribution in [2.45, 2.75) is 37.7 Å². The van der Waals surface area contributed by atoms with Gasteiger partial charge in [0.25, 0.3) is 0 Å². The molecule has 0 aliphatic heterocycles. The summed E-state index contributed by atoms with van der Waals surface area (Å²) in [5.41, 5.74) is 0. The van der Waals surface area contributed by atoms with E-state index in [-0.39, 0.29) is 17.1 Å². The molecular formula is C8H13ClO2. The van der Waals surface area contributed by atoms with Crippen LogP contribution in [0.25, 0.3) is 0 Å². The third kappa shape index (κ3) is 2.17. The van der Waals surface area contributed by atoms with Gasteiger partial charge in [-0.15, -0.1) is 11.6 Å². The molecule has 0 heterocycles. The Bertz CT molecular complexity index is 158. The number of carbonyl (C=O) groups is 1. The Morgan fingerprint density at radius 3 is 2.64 bits per heavy atom. The van der Waals surface area contributed by atoms with Gasteiger partial charge in [0.2, 0.25) is 0 Å². The van der Waals surface area contributed by atoms with Gasteiger partial charge in [-0.3, -0.25) is 4.79 Å². The van der Waals surface area contributed by atoms with E-state index >= 15 is 0 Å². The fraction of sp³-hybridized carbons (Fsp3) is 0.875. The maximum atomic E-state index is 10.9. The van der Waals surface area contributed by atoms with Gasteiger partial charge in [-0.2, -0.15) is 0 Å². The number of hydrogen-bond acceptors (Lipinski definition) is 2. The molecule has 1 aliphatic rings. The fourth-order valence-electron chi connectivity index (χ4n) is 1.47. The summed E-state index contributed by atoms with van der Waals surface area (Å²) in [6, 6.07) is 0. The second-order valence-corrected chi connectivity index (χ2v) is 3.76. The summed E-state index contributed by atoms with van der Waals surface area (Å²) in [5.74, 6) is 0.281. The van der Waals surface area contributed by atoms with Gasteiger partial charge >= 0.3 is 0 Å². The largest absolute Gasteiger partial charge is 0.392 e. The van der Waals surface area contributed by atoms with Gasteiger partial charge in [0.1, 0.15) is 5.78 Å². The molecule has 3 atom stereocenters. The average Bonchev–Trinajstić information content (AvgIpc) is 1.94. The van der Waals surface area contributed by atoms with E-state index in [2.05, 4.69) is 0 Å². The van der Waals surface area contributed by atoms with E-state index in [1.165, 1.54) is 0 Å². The SMILES string of the molecule is CC(=O)C1CCC(O)C(Cl)C1. The van der Waals surface area contributed by atoms with Crippen molar-refractivity contribution in [3.8, 4) is 0 Å². The highest BCUT2D eigenvalue weighted by molar-refractivity contribution is 6.21. The molecule has 0 aromatic rings. The zero-order chi connectivity index (χ0) is 8.43. The summed E-state index contributed by atoms with van der Waals surface area (Å²) >= 11 is 5.80. The average molecular weight is 177 g/mol. The lowest BCUT2D eigenvalue weighted by Crippen LogP contribution is -2.32. The van der Waals surface area contributed by atoms with E-state index in [1.807, 2.05) is 0 Å². The van der Waals surface area contributed by atoms with Crippen LogP contribution in [0.1, 0.15) is 26.2 Å². The summed E-state index contributed by atoms with van der Waals surface area (Å²) in [7, 11) is 0. The van der Waals surface area contributed by atoms with Gasteiger partial charge < -0.3 is 5.11 Å². The molecule has 3 unspecified atom stereocenters. The molecule has 0 amide bonds. The molecule has 1 fully saturated rings. The highest BCUT2D eigenvalue weighted by Crippen LogP contribution is 2.28. The van der Waals surface area contributed by atoms with Crippen molar-refractivity contribution in [3.63, 3.8) is 0 Å². The number of rotatable bonds is 1. The molecule has 0 aromatic carbocycles. The summed E-state index contributed by atoms with van der Waals surface area (Å²) in [5, 5.41) is 9.01. The van der Waals surface area contributed by atoms with Crippen molar-refractivity contribution in [2.24, 2.45) is 5.92 Å². The van der Waals surface area contributed by atoms with E-state index in [4.69, 9.17) is 11.6 Å². The first-order valence-electron chi connectivity index (χ1n) is 3.94. The van der Waals surface area contributed by atoms with Crippen LogP contribution in [0, 0.1) is 5.92 Å². The number of Topliss-reactive ketones (excluding diaryl/α,β-unsaturated/α-hetero) is 1. The zero-order valence-electron chi connectivity index (χ0n) is 6.59. The molecule has 2 nitrogen and oxygen atoms in total. The van der Waals surface area contributed by atoms with Crippen LogP contribution >= 0.6 is 11.6 Å². The van der Waals surface area contributed by atoms with Crippen LogP contribution in [0.4, 0.5) is 0 Å². The summed E-state index contributed by atoms with van der Waals surface area (Å²) in [4.78, 5) is 10.9. The fourth-order valence-corrected chi connectivity index (χ4v) is 1.81. The highest BCUT2D eigenvalue weighted by Gasteiger charge is 2.29. The minimum absolute atomic E-state index is 0.0842. The smallest absolute Gasteiger partial charge is 0.132 e. The summed E-state index contributed by atoms with van der Waals surface area (Å²) in [6.07, 6.45) is 1.68. The predicted octanol–water partition coefficient (Wildman–Crippen LogP) is 1.34. The first-order chi connectivity index (χ1) is 5.11. The standard InChI is InChI=1S/C8H13ClO2/c1-5(10)6-2-3-8(11)7(9)4-6/h6-8,11H,2-4H2,1H3. The molecule has 0 aromatic heterocycles. The lowest BCUT2D eigenvalue weighted by Gasteiger charge is -2.27. The maximum absolute atomic E-state index is 10.9. The van der Waals surface area contributed by atoms with Crippen molar-refractivity contribution in [2.75, 3.05) is 0 Å². The Morgan fingerprint density at radius 2 is 2.18 bits per heavy atom. The second kappa shape index (κ2) is 3.55. The molecular weight excluding hydrogens is 164 g/mol. The Labute approximate surface area is 71.5 Å². The van der Waals surface area contributed by atoms with Crippen molar-refractivity contribution >= 4 is 17.4 Å². The number of aliphatic hydroxyl groups excluding tert-OH is 1. The molecule has 1 aliphatic carbocycles. The van der Waals surface area contributed by atoms with E-state index in [9.17, 15) is 9.90 Å². The molecule has 1 N–H and O–H groups in total. The molecule has 0 spiro atoms. The second-order valence-electron chi connectivity index (χ2n) is 3.20. The van der Waals surface area contributed by atoms with Crippen LogP contribution in [-0.4, -0.2) is 22.4 Å². The Balaban J connectivity index is 2.46. The van der Waals surface area contributed by atoms with Crippen LogP contribution in [0.2, 0.25) is 0 Å². The third-order valence-corrected chi connectivity index (χ3v) is 2.78. The first-order valence-corrected chi connectivity index (χ1v) is 4.37. The van der Waals surface area contributed by atoms with Crippen molar-refractivity contribution in [3.05, 3.63) is 0 Å². The highest BCUT2D eigenvalue weighted by atomic mass is 35.5. The van der Waals surface area contributed by atoms with Crippen molar-refractivity contribution < 1.29 is 9.90 Å². The quantitative estimate of drug-likeness (QED) is 0.613. The Morgan fingerprint density at radius 1 is 1.55 bits per heavy atom. The van der Waals surface area contributed by atoms with Crippen molar-refractivity contribution in [1.82, 2.24) is 0 Å². The van der Waals surface area contributed by atoms with Gasteiger partial charge in [0, 0.05) is 5.92 Å². The molecule has 0 saturated heterocycles. The Kier molecular flexibility index (Phi) is 2.90. The third-order valence-electron chi connectivity index (χ3n) is 2.31. The first kappa shape index (κ1) is 9.01. The van der Waals surface area contributed by atoms with Crippen molar-refractivity contribution in [1.29, 1.82) is 0 Å². The minimum atomic E-state index is -0.410. The van der Waals surface area contributed by atoms with Crippen LogP contribution in [0.3, 0.4) is 0 Å². The predicted molar refractivity (Wildman–Crippen MR) is 43.7 cm³/mol. The monoisotopic (exact) mass is 176 g/mol. The summed E-state index contributed by atoms with van der Waals surface area (Å²) < 4.78 is 0. The minimum Gasteiger partial charge on any atom is -0.392 e. The molecule has 0 radical (unpaired) electrons. The topological polar surface area (TPSA) is 37.3 Å². The number of carbonyl (C=O) groups excluding carboxylic acids is 1. The number of alkyl halides is 1. The number of aliphatic hydroxyl groups is 1. The normalized spacial score (nSPS) is 38.6. The maximum Gasteiger partial charge on any atom is 0.132 e. The summed E-state index contributed by atoms with van der Waals surface area (Å²) in [6.45, 7) is 1.59. The van der Waals surface area contributed by atoms with E-state index in [0.29, 0.717) is 12.8 Å². The molecule has 11 heavy (non-hydrogen) atoms. The van der Waals surface area contributed by atoms with Gasteiger partial charge in [0.05, 0.1) is 11.5 Å². The zero-order valence-corrected chi connectivity index (χ0v) is 7.34. The number of hydrogen-bond donors (Lipinski definition) is 1. The lowest BCUT2D eigenvalue weighted by molar-refractivity contribution is -0.122. The molecule has 0 bridgehead atoms. The van der Waals surface area contributed by atoms with Crippen LogP contribution < -0.4 is 0 Å². The van der Waals surface area contributed by atoms with Crippen LogP contribution in [0.15, 0.2) is 0 Å². The molecule has 64 valence electrons. The molecule has 1 rings (SSSR count). The van der Waals surface area contributed by atoms with Crippen LogP contribution in [-0.2, 0) is 4.79 Å². The Hall–Kier alpha value is -0.0800. The van der Waals surface area contributed by atoms with Gasteiger partial charge in [-0.05, 0) is 26.2 Å². The number of ketones is 1.